The van der Waals surface area contributed by atoms with Crippen LogP contribution in [0.15, 0.2) is 0 Å². The molecular weight excluding hydrogens is 352 g/mol. The van der Waals surface area contributed by atoms with E-state index < -0.39 is 24.0 Å². The van der Waals surface area contributed by atoms with Crippen LogP contribution in [0.3, 0.4) is 0 Å². The number of amides is 2. The van der Waals surface area contributed by atoms with Crippen molar-refractivity contribution < 1.29 is 23.9 Å². The predicted molar refractivity (Wildman–Crippen MR) is 102 cm³/mol. The summed E-state index contributed by atoms with van der Waals surface area (Å²) in [7, 11) is 6.27. The van der Waals surface area contributed by atoms with Crippen LogP contribution in [0.5, 0.6) is 0 Å². The van der Waals surface area contributed by atoms with Crippen molar-refractivity contribution >= 4 is 23.8 Å². The third kappa shape index (κ3) is 8.04. The largest absolute Gasteiger partial charge is 0.390 e. The molecule has 0 rings (SSSR count). The zero-order valence-corrected chi connectivity index (χ0v) is 17.7. The van der Waals surface area contributed by atoms with Crippen LogP contribution < -0.4 is 10.6 Å². The Morgan fingerprint density at radius 3 is 1.26 bits per heavy atom. The summed E-state index contributed by atoms with van der Waals surface area (Å²) in [4.78, 5) is 50.8. The molecule has 0 aliphatic heterocycles. The van der Waals surface area contributed by atoms with Gasteiger partial charge in [0.2, 0.25) is 11.8 Å². The second-order valence-corrected chi connectivity index (χ2v) is 7.26. The maximum absolute atomic E-state index is 12.3. The van der Waals surface area contributed by atoms with Crippen LogP contribution in [0.4, 0.5) is 0 Å². The highest BCUT2D eigenvalue weighted by Crippen LogP contribution is 2.06. The molecule has 9 heteroatoms. The Morgan fingerprint density at radius 2 is 1.04 bits per heavy atom. The summed E-state index contributed by atoms with van der Waals surface area (Å²) in [5, 5.41) is 5.80. The summed E-state index contributed by atoms with van der Waals surface area (Å²) in [6.45, 7) is 6.85. The molecule has 27 heavy (non-hydrogen) atoms. The molecule has 9 nitrogen and oxygen atoms in total. The van der Waals surface area contributed by atoms with Crippen molar-refractivity contribution in [3.63, 3.8) is 0 Å². The molecule has 0 saturated heterocycles. The van der Waals surface area contributed by atoms with E-state index in [9.17, 15) is 19.2 Å². The molecule has 0 aromatic rings. The number of rotatable bonds is 10. The van der Waals surface area contributed by atoms with E-state index in [-0.39, 0.29) is 36.7 Å². The summed E-state index contributed by atoms with van der Waals surface area (Å²) in [5.74, 6) is -2.13. The van der Waals surface area contributed by atoms with Gasteiger partial charge in [-0.1, -0.05) is 27.7 Å². The fraction of sp³-hybridized carbons (Fsp3) is 0.778. The molecule has 0 spiro atoms. The van der Waals surface area contributed by atoms with Crippen molar-refractivity contribution in [2.24, 2.45) is 11.8 Å². The molecule has 0 unspecified atom stereocenters. The van der Waals surface area contributed by atoms with E-state index in [2.05, 4.69) is 10.6 Å². The molecule has 2 amide bonds. The van der Waals surface area contributed by atoms with Gasteiger partial charge in [-0.25, -0.2) is 9.59 Å². The van der Waals surface area contributed by atoms with Crippen molar-refractivity contribution in [3.05, 3.63) is 0 Å². The zero-order valence-electron chi connectivity index (χ0n) is 17.7. The summed E-state index contributed by atoms with van der Waals surface area (Å²) < 4.78 is 4.73. The van der Waals surface area contributed by atoms with Crippen molar-refractivity contribution in [3.8, 4) is 0 Å². The number of carbonyl (C=O) groups is 4. The second-order valence-electron chi connectivity index (χ2n) is 7.26. The summed E-state index contributed by atoms with van der Waals surface area (Å²) in [6, 6.07) is -0.867. The number of hydrogen-bond acceptors (Lipinski definition) is 7. The van der Waals surface area contributed by atoms with Crippen LogP contribution in [0.25, 0.3) is 0 Å². The van der Waals surface area contributed by atoms with Crippen LogP contribution >= 0.6 is 0 Å². The molecule has 0 bridgehead atoms. The highest BCUT2D eigenvalue weighted by Gasteiger charge is 2.27. The van der Waals surface area contributed by atoms with Gasteiger partial charge in [0.25, 0.3) is 0 Å². The minimum atomic E-state index is -0.843. The van der Waals surface area contributed by atoms with Gasteiger partial charge in [-0.05, 0) is 25.9 Å². The molecule has 0 saturated carbocycles. The number of esters is 2. The summed E-state index contributed by atoms with van der Waals surface area (Å²) in [5.41, 5.74) is 0. The van der Waals surface area contributed by atoms with E-state index >= 15 is 0 Å². The lowest BCUT2D eigenvalue weighted by Crippen LogP contribution is -2.49. The molecule has 0 aromatic carbocycles. The fourth-order valence-corrected chi connectivity index (χ4v) is 2.69. The maximum atomic E-state index is 12.3. The number of carbonyl (C=O) groups excluding carboxylic acids is 4. The molecule has 2 N–H and O–H groups in total. The first-order valence-electron chi connectivity index (χ1n) is 9.04. The lowest BCUT2D eigenvalue weighted by atomic mass is 10.0. The quantitative estimate of drug-likeness (QED) is 0.383. The standard InChI is InChI=1S/C18H34N4O5/c1-11(2)15(19-5)17(25)21(7)9-13(23)27-14(24)10-22(8)18(26)16(20-6)12(3)4/h11-12,15-16,19-20H,9-10H2,1-8H3/t15-,16-/m0/s1. The minimum Gasteiger partial charge on any atom is -0.390 e. The van der Waals surface area contributed by atoms with Crippen molar-refractivity contribution in [1.82, 2.24) is 20.4 Å². The molecule has 0 aromatic heterocycles. The number of nitrogens with zero attached hydrogens (tertiary/aromatic N) is 2. The SMILES string of the molecule is CN[C@H](C(=O)N(C)CC(=O)OC(=O)CN(C)C(=O)[C@@H](NC)C(C)C)C(C)C. The van der Waals surface area contributed by atoms with E-state index in [0.717, 1.165) is 0 Å². The Morgan fingerprint density at radius 1 is 0.741 bits per heavy atom. The van der Waals surface area contributed by atoms with Gasteiger partial charge < -0.3 is 25.2 Å². The highest BCUT2D eigenvalue weighted by molar-refractivity contribution is 5.92. The molecule has 0 aliphatic carbocycles. The summed E-state index contributed by atoms with van der Waals surface area (Å²) in [6.07, 6.45) is 0. The van der Waals surface area contributed by atoms with Gasteiger partial charge in [0, 0.05) is 14.1 Å². The molecule has 156 valence electrons. The van der Waals surface area contributed by atoms with E-state index in [1.165, 1.54) is 23.9 Å². The van der Waals surface area contributed by atoms with Gasteiger partial charge in [0.1, 0.15) is 13.1 Å². The molecule has 0 aliphatic rings. The number of hydrogen-bond donors (Lipinski definition) is 2. The monoisotopic (exact) mass is 386 g/mol. The topological polar surface area (TPSA) is 108 Å². The molecule has 0 heterocycles. The molecule has 0 radical (unpaired) electrons. The van der Waals surface area contributed by atoms with Crippen LogP contribution in [0.2, 0.25) is 0 Å². The maximum Gasteiger partial charge on any atom is 0.333 e. The van der Waals surface area contributed by atoms with Gasteiger partial charge in [-0.2, -0.15) is 0 Å². The zero-order chi connectivity index (χ0) is 21.3. The first kappa shape index (κ1) is 25.0. The third-order valence-electron chi connectivity index (χ3n) is 4.20. The molecule has 2 atom stereocenters. The third-order valence-corrected chi connectivity index (χ3v) is 4.20. The minimum absolute atomic E-state index is 0.0448. The van der Waals surface area contributed by atoms with E-state index in [4.69, 9.17) is 4.74 Å². The van der Waals surface area contributed by atoms with Crippen LogP contribution in [0, 0.1) is 11.8 Å². The Balaban J connectivity index is 4.64. The first-order valence-corrected chi connectivity index (χ1v) is 9.04. The van der Waals surface area contributed by atoms with E-state index in [0.29, 0.717) is 0 Å². The summed E-state index contributed by atoms with van der Waals surface area (Å²) >= 11 is 0. The average molecular weight is 386 g/mol. The normalized spacial score (nSPS) is 13.3. The van der Waals surface area contributed by atoms with Crippen LogP contribution in [-0.2, 0) is 23.9 Å². The number of nitrogens with one attached hydrogen (secondary N) is 2. The average Bonchev–Trinajstić information content (AvgIpc) is 2.54. The fourth-order valence-electron chi connectivity index (χ4n) is 2.69. The van der Waals surface area contributed by atoms with Gasteiger partial charge in [-0.3, -0.25) is 9.59 Å². The van der Waals surface area contributed by atoms with Gasteiger partial charge in [0.15, 0.2) is 0 Å². The van der Waals surface area contributed by atoms with Crippen molar-refractivity contribution in [2.45, 2.75) is 39.8 Å². The Hall–Kier alpha value is -2.00. The smallest absolute Gasteiger partial charge is 0.333 e. The Labute approximate surface area is 161 Å². The predicted octanol–water partition coefficient (Wildman–Crippen LogP) is -0.539. The van der Waals surface area contributed by atoms with Gasteiger partial charge >= 0.3 is 11.9 Å². The molecular formula is C18H34N4O5. The van der Waals surface area contributed by atoms with Crippen molar-refractivity contribution in [1.29, 1.82) is 0 Å². The van der Waals surface area contributed by atoms with Crippen LogP contribution in [-0.4, -0.2) is 86.9 Å². The Kier molecular flexibility index (Phi) is 10.8. The van der Waals surface area contributed by atoms with E-state index in [1.54, 1.807) is 14.1 Å². The lowest BCUT2D eigenvalue weighted by molar-refractivity contribution is -0.163. The first-order chi connectivity index (χ1) is 12.5. The number of likely N-dealkylation sites (N-methyl/N-ethyl adjacent to an activating group) is 4. The highest BCUT2D eigenvalue weighted by atomic mass is 16.6. The number of ether oxygens (including phenoxy) is 1. The Bertz CT molecular complexity index is 490. The van der Waals surface area contributed by atoms with Crippen molar-refractivity contribution in [2.75, 3.05) is 41.3 Å². The van der Waals surface area contributed by atoms with Gasteiger partial charge in [-0.15, -0.1) is 0 Å². The molecule has 0 fully saturated rings. The van der Waals surface area contributed by atoms with E-state index in [1.807, 2.05) is 27.7 Å². The second kappa shape index (κ2) is 11.7. The lowest BCUT2D eigenvalue weighted by Gasteiger charge is -2.26. The van der Waals surface area contributed by atoms with Gasteiger partial charge in [0.05, 0.1) is 12.1 Å². The van der Waals surface area contributed by atoms with Crippen LogP contribution in [0.1, 0.15) is 27.7 Å².